The first kappa shape index (κ1) is 29.8. The van der Waals surface area contributed by atoms with Crippen molar-refractivity contribution in [3.63, 3.8) is 0 Å². The summed E-state index contributed by atoms with van der Waals surface area (Å²) in [6, 6.07) is 21.3. The van der Waals surface area contributed by atoms with Gasteiger partial charge in [0.25, 0.3) is 0 Å². The van der Waals surface area contributed by atoms with E-state index >= 15 is 0 Å². The lowest BCUT2D eigenvalue weighted by Gasteiger charge is -2.29. The Morgan fingerprint density at radius 3 is 1.55 bits per heavy atom. The third-order valence-corrected chi connectivity index (χ3v) is 9.52. The minimum Gasteiger partial charge on any atom is -0.374 e. The van der Waals surface area contributed by atoms with E-state index in [4.69, 9.17) is 13.3 Å². The van der Waals surface area contributed by atoms with Gasteiger partial charge >= 0.3 is 8.80 Å². The molecule has 0 radical (unpaired) electrons. The molecule has 0 fully saturated rings. The maximum Gasteiger partial charge on any atom is 0.500 e. The van der Waals surface area contributed by atoms with E-state index in [1.165, 1.54) is 11.1 Å². The first-order valence-electron chi connectivity index (χ1n) is 14.1. The zero-order valence-corrected chi connectivity index (χ0v) is 24.9. The summed E-state index contributed by atoms with van der Waals surface area (Å²) in [5.41, 5.74) is 4.20. The lowest BCUT2D eigenvalue weighted by Crippen LogP contribution is -2.46. The molecule has 0 aliphatic carbocycles. The predicted molar refractivity (Wildman–Crippen MR) is 155 cm³/mol. The van der Waals surface area contributed by atoms with Crippen molar-refractivity contribution in [3.05, 3.63) is 95.6 Å². The molecule has 4 aromatic rings. The largest absolute Gasteiger partial charge is 0.500 e. The number of hydrogen-bond donors (Lipinski definition) is 0. The first-order chi connectivity index (χ1) is 19.6. The molecule has 2 aromatic carbocycles. The van der Waals surface area contributed by atoms with Gasteiger partial charge in [-0.3, -0.25) is 4.90 Å². The van der Waals surface area contributed by atoms with Crippen LogP contribution in [0, 0.1) is 0 Å². The van der Waals surface area contributed by atoms with Crippen LogP contribution in [0.25, 0.3) is 0 Å². The normalized spacial score (nSPS) is 11.9. The summed E-state index contributed by atoms with van der Waals surface area (Å²) < 4.78 is 22.0. The van der Waals surface area contributed by atoms with Crippen LogP contribution in [-0.2, 0) is 39.5 Å². The number of hydrogen-bond acceptors (Lipinski definition) is 8. The second kappa shape index (κ2) is 15.5. The maximum atomic E-state index is 6.07. The average Bonchev–Trinajstić information content (AvgIpc) is 3.59. The molecule has 2 heterocycles. The van der Waals surface area contributed by atoms with Crippen molar-refractivity contribution in [1.29, 1.82) is 0 Å². The van der Waals surface area contributed by atoms with Crippen molar-refractivity contribution < 1.29 is 13.3 Å². The molecule has 214 valence electrons. The topological polar surface area (TPSA) is 92.4 Å². The van der Waals surface area contributed by atoms with Gasteiger partial charge in [0.1, 0.15) is 0 Å². The van der Waals surface area contributed by atoms with Crippen LogP contribution in [0.3, 0.4) is 0 Å². The fourth-order valence-corrected chi connectivity index (χ4v) is 7.30. The van der Waals surface area contributed by atoms with Crippen molar-refractivity contribution in [2.75, 3.05) is 26.4 Å². The highest BCUT2D eigenvalue weighted by Crippen LogP contribution is 2.20. The van der Waals surface area contributed by atoms with Gasteiger partial charge in [0.2, 0.25) is 0 Å². The Bertz CT molecular complexity index is 1150. The van der Waals surface area contributed by atoms with Gasteiger partial charge in [0.05, 0.1) is 36.9 Å². The van der Waals surface area contributed by atoms with Gasteiger partial charge in [0.15, 0.2) is 0 Å². The Morgan fingerprint density at radius 1 is 0.675 bits per heavy atom. The van der Waals surface area contributed by atoms with E-state index in [0.29, 0.717) is 46.0 Å². The quantitative estimate of drug-likeness (QED) is 0.165. The average molecular weight is 564 g/mol. The van der Waals surface area contributed by atoms with Crippen molar-refractivity contribution >= 4 is 8.80 Å². The molecule has 0 N–H and O–H groups in total. The van der Waals surface area contributed by atoms with Crippen molar-refractivity contribution in [1.82, 2.24) is 34.9 Å². The standard InChI is InChI=1S/C29H41N7O3Si/c1-4-37-40(38-5-2,39-6-3)19-13-18-34(22-28-24-35(32-30-28)20-26-14-9-7-10-15-26)23-29-25-36(33-31-29)21-27-16-11-8-12-17-27/h7-12,14-17,24-25H,4-6,13,18-23H2,1-3H3. The highest BCUT2D eigenvalue weighted by Gasteiger charge is 2.39. The summed E-state index contributed by atoms with van der Waals surface area (Å²) in [5, 5.41) is 17.7. The summed E-state index contributed by atoms with van der Waals surface area (Å²) >= 11 is 0. The summed E-state index contributed by atoms with van der Waals surface area (Å²) in [6.45, 7) is 11.2. The van der Waals surface area contributed by atoms with Crippen molar-refractivity contribution in [3.8, 4) is 0 Å². The Morgan fingerprint density at radius 2 is 1.12 bits per heavy atom. The summed E-state index contributed by atoms with van der Waals surface area (Å²) in [6.07, 6.45) is 4.90. The molecule has 0 aliphatic rings. The third kappa shape index (κ3) is 9.17. The molecule has 0 amide bonds. The van der Waals surface area contributed by atoms with Crippen LogP contribution in [0.15, 0.2) is 73.1 Å². The molecule has 0 aliphatic heterocycles. The second-order valence-corrected chi connectivity index (χ2v) is 12.3. The molecule has 2 aromatic heterocycles. The minimum absolute atomic E-state index is 0.574. The molecule has 0 saturated heterocycles. The molecule has 0 unspecified atom stereocenters. The van der Waals surface area contributed by atoms with Crippen molar-refractivity contribution in [2.24, 2.45) is 0 Å². The molecular weight excluding hydrogens is 522 g/mol. The third-order valence-electron chi connectivity index (χ3n) is 6.37. The zero-order chi connectivity index (χ0) is 28.0. The Kier molecular flexibility index (Phi) is 11.6. The van der Waals surface area contributed by atoms with E-state index < -0.39 is 8.80 Å². The Hall–Kier alpha value is -3.22. The first-order valence-corrected chi connectivity index (χ1v) is 16.0. The van der Waals surface area contributed by atoms with E-state index in [9.17, 15) is 0 Å². The van der Waals surface area contributed by atoms with Crippen LogP contribution in [0.1, 0.15) is 49.7 Å². The Balaban J connectivity index is 1.43. The lowest BCUT2D eigenvalue weighted by atomic mass is 10.2. The van der Waals surface area contributed by atoms with E-state index in [1.54, 1.807) is 0 Å². The number of aromatic nitrogens is 6. The number of nitrogens with zero attached hydrogens (tertiary/aromatic N) is 7. The van der Waals surface area contributed by atoms with E-state index in [0.717, 1.165) is 30.4 Å². The zero-order valence-electron chi connectivity index (χ0n) is 23.9. The van der Waals surface area contributed by atoms with Gasteiger partial charge in [0, 0.05) is 39.0 Å². The van der Waals surface area contributed by atoms with E-state index in [2.05, 4.69) is 49.8 Å². The van der Waals surface area contributed by atoms with Crippen molar-refractivity contribution in [2.45, 2.75) is 59.4 Å². The van der Waals surface area contributed by atoms with Crippen LogP contribution in [0.4, 0.5) is 0 Å². The van der Waals surface area contributed by atoms with Crippen LogP contribution in [-0.4, -0.2) is 70.1 Å². The Labute approximate surface area is 238 Å². The smallest absolute Gasteiger partial charge is 0.374 e. The van der Waals surface area contributed by atoms with Gasteiger partial charge in [-0.1, -0.05) is 71.1 Å². The van der Waals surface area contributed by atoms with Gasteiger partial charge in [-0.15, -0.1) is 10.2 Å². The summed E-state index contributed by atoms with van der Waals surface area (Å²) in [4.78, 5) is 2.33. The predicted octanol–water partition coefficient (Wildman–Crippen LogP) is 4.41. The molecular formula is C29H41N7O3Si. The van der Waals surface area contributed by atoms with Gasteiger partial charge in [-0.2, -0.15) is 0 Å². The van der Waals surface area contributed by atoms with Gasteiger partial charge in [-0.25, -0.2) is 9.36 Å². The fraction of sp³-hybridized carbons (Fsp3) is 0.448. The molecule has 11 heteroatoms. The van der Waals surface area contributed by atoms with E-state index in [-0.39, 0.29) is 0 Å². The molecule has 10 nitrogen and oxygen atoms in total. The number of rotatable bonds is 18. The second-order valence-electron chi connectivity index (χ2n) is 9.58. The summed E-state index contributed by atoms with van der Waals surface area (Å²) in [7, 11) is -2.72. The molecule has 4 rings (SSSR count). The fourth-order valence-electron chi connectivity index (χ4n) is 4.71. The van der Waals surface area contributed by atoms with Gasteiger partial charge in [-0.05, 0) is 44.9 Å². The number of benzene rings is 2. The molecule has 0 atom stereocenters. The minimum atomic E-state index is -2.72. The molecule has 40 heavy (non-hydrogen) atoms. The monoisotopic (exact) mass is 563 g/mol. The van der Waals surface area contributed by atoms with Crippen LogP contribution < -0.4 is 0 Å². The maximum absolute atomic E-state index is 6.07. The van der Waals surface area contributed by atoms with Crippen LogP contribution >= 0.6 is 0 Å². The molecule has 0 saturated carbocycles. The van der Waals surface area contributed by atoms with Crippen LogP contribution in [0.5, 0.6) is 0 Å². The van der Waals surface area contributed by atoms with Crippen LogP contribution in [0.2, 0.25) is 6.04 Å². The molecule has 0 bridgehead atoms. The summed E-state index contributed by atoms with van der Waals surface area (Å²) in [5.74, 6) is 0. The SMILES string of the molecule is CCO[Si](CCCN(Cc1cn(Cc2ccccc2)nn1)Cc1cn(Cc2ccccc2)nn1)(OCC)OCC. The van der Waals surface area contributed by atoms with E-state index in [1.807, 2.05) is 78.9 Å². The highest BCUT2D eigenvalue weighted by atomic mass is 28.4. The van der Waals surface area contributed by atoms with Gasteiger partial charge < -0.3 is 13.3 Å². The highest BCUT2D eigenvalue weighted by molar-refractivity contribution is 6.60. The lowest BCUT2D eigenvalue weighted by molar-refractivity contribution is 0.0697. The molecule has 0 spiro atoms.